The van der Waals surface area contributed by atoms with Gasteiger partial charge in [0.25, 0.3) is 0 Å². The third-order valence-corrected chi connectivity index (χ3v) is 12.3. The number of amides is 1. The number of hydrogen-bond acceptors (Lipinski definition) is 8. The van der Waals surface area contributed by atoms with E-state index in [1.807, 2.05) is 16.8 Å². The van der Waals surface area contributed by atoms with Crippen LogP contribution in [0.15, 0.2) is 17.0 Å². The first kappa shape index (κ1) is 33.5. The maximum absolute atomic E-state index is 13.2. The topological polar surface area (TPSA) is 106 Å². The van der Waals surface area contributed by atoms with E-state index in [4.69, 9.17) is 14.7 Å². The number of methoxy groups -OCH3 is 1. The highest BCUT2D eigenvalue weighted by Gasteiger charge is 2.34. The highest BCUT2D eigenvalue weighted by molar-refractivity contribution is 7.89. The standard InChI is InChI=1S/C32H51N5O5S/c1-24-20-30(41-5)21-25(2)32(24)43(39,40)34(3)18-19-42-22-31(38)35(4)28-6-8-29(9-7-28)37-16-12-27(13-17-37)26-10-14-36(23-33)15-11-26/h20-21,26-29H,6-19,22H2,1-5H3. The molecule has 0 aromatic heterocycles. The molecule has 0 spiro atoms. The summed E-state index contributed by atoms with van der Waals surface area (Å²) in [6.45, 7) is 7.96. The third-order valence-electron chi connectivity index (χ3n) is 10.2. The van der Waals surface area contributed by atoms with E-state index in [9.17, 15) is 13.2 Å². The summed E-state index contributed by atoms with van der Waals surface area (Å²) in [4.78, 5) is 19.6. The Morgan fingerprint density at radius 1 is 0.953 bits per heavy atom. The van der Waals surface area contributed by atoms with Crippen molar-refractivity contribution in [3.05, 3.63) is 23.3 Å². The molecule has 0 atom stereocenters. The summed E-state index contributed by atoms with van der Waals surface area (Å²) >= 11 is 0. The van der Waals surface area contributed by atoms with Gasteiger partial charge in [0.2, 0.25) is 15.9 Å². The van der Waals surface area contributed by atoms with Crippen LogP contribution in [0.5, 0.6) is 5.75 Å². The number of sulfonamides is 1. The maximum atomic E-state index is 13.2. The number of benzene rings is 1. The molecular weight excluding hydrogens is 566 g/mol. The Kier molecular flexibility index (Phi) is 11.7. The molecule has 0 unspecified atom stereocenters. The van der Waals surface area contributed by atoms with Crippen LogP contribution in [0.4, 0.5) is 0 Å². The Balaban J connectivity index is 1.14. The highest BCUT2D eigenvalue weighted by Crippen LogP contribution is 2.35. The molecule has 3 aliphatic rings. The minimum atomic E-state index is -3.70. The van der Waals surface area contributed by atoms with E-state index in [2.05, 4.69) is 11.1 Å². The van der Waals surface area contributed by atoms with Crippen molar-refractivity contribution >= 4 is 15.9 Å². The summed E-state index contributed by atoms with van der Waals surface area (Å²) in [5, 5.41) is 9.12. The summed E-state index contributed by atoms with van der Waals surface area (Å²) in [5.41, 5.74) is 1.27. The number of nitriles is 1. The SMILES string of the molecule is COc1cc(C)c(S(=O)(=O)N(C)CCOCC(=O)N(C)C2CCC(N3CCC(C4CCN(C#N)CC4)CC3)CC2)c(C)c1. The van der Waals surface area contributed by atoms with E-state index < -0.39 is 10.0 Å². The first-order valence-corrected chi connectivity index (χ1v) is 17.3. The fourth-order valence-electron chi connectivity index (χ4n) is 7.41. The van der Waals surface area contributed by atoms with E-state index in [1.54, 1.807) is 33.1 Å². The van der Waals surface area contributed by atoms with Crippen molar-refractivity contribution in [3.8, 4) is 11.9 Å². The van der Waals surface area contributed by atoms with E-state index >= 15 is 0 Å². The second-order valence-electron chi connectivity index (χ2n) is 12.7. The zero-order valence-corrected chi connectivity index (χ0v) is 27.6. The molecule has 43 heavy (non-hydrogen) atoms. The van der Waals surface area contributed by atoms with Crippen molar-refractivity contribution in [2.24, 2.45) is 11.8 Å². The van der Waals surface area contributed by atoms with Gasteiger partial charge in [-0.15, -0.1) is 0 Å². The van der Waals surface area contributed by atoms with Crippen molar-refractivity contribution in [2.75, 3.05) is 67.1 Å². The zero-order chi connectivity index (χ0) is 31.1. The number of nitrogens with zero attached hydrogens (tertiary/aromatic N) is 5. The maximum Gasteiger partial charge on any atom is 0.248 e. The molecule has 0 N–H and O–H groups in total. The van der Waals surface area contributed by atoms with Gasteiger partial charge in [0.05, 0.1) is 18.6 Å². The van der Waals surface area contributed by atoms with Crippen LogP contribution in [-0.4, -0.2) is 113 Å². The lowest BCUT2D eigenvalue weighted by Gasteiger charge is -2.44. The van der Waals surface area contributed by atoms with E-state index in [-0.39, 0.29) is 36.6 Å². The minimum absolute atomic E-state index is 0.0499. The average molecular weight is 618 g/mol. The van der Waals surface area contributed by atoms with Gasteiger partial charge in [-0.2, -0.15) is 9.57 Å². The molecular formula is C32H51N5O5S. The van der Waals surface area contributed by atoms with E-state index in [0.29, 0.717) is 22.9 Å². The van der Waals surface area contributed by atoms with Gasteiger partial charge in [-0.25, -0.2) is 8.42 Å². The third kappa shape index (κ3) is 8.21. The smallest absolute Gasteiger partial charge is 0.248 e. The fourth-order valence-corrected chi connectivity index (χ4v) is 8.97. The Labute approximate surface area is 258 Å². The van der Waals surface area contributed by atoms with E-state index in [0.717, 1.165) is 63.5 Å². The van der Waals surface area contributed by atoms with Crippen LogP contribution in [0, 0.1) is 37.1 Å². The summed E-state index contributed by atoms with van der Waals surface area (Å²) in [5.74, 6) is 2.14. The highest BCUT2D eigenvalue weighted by atomic mass is 32.2. The molecule has 240 valence electrons. The first-order chi connectivity index (χ1) is 20.5. The summed E-state index contributed by atoms with van der Waals surface area (Å²) in [6, 6.07) is 4.27. The molecule has 2 aliphatic heterocycles. The van der Waals surface area contributed by atoms with Crippen LogP contribution < -0.4 is 4.74 Å². The average Bonchev–Trinajstić information content (AvgIpc) is 3.02. The van der Waals surface area contributed by atoms with Crippen LogP contribution in [-0.2, 0) is 19.6 Å². The second-order valence-corrected chi connectivity index (χ2v) is 14.7. The van der Waals surface area contributed by atoms with Gasteiger partial charge >= 0.3 is 0 Å². The summed E-state index contributed by atoms with van der Waals surface area (Å²) in [7, 11) is 1.26. The van der Waals surface area contributed by atoms with Crippen LogP contribution >= 0.6 is 0 Å². The number of carbonyl (C=O) groups excluding carboxylic acids is 1. The lowest BCUT2D eigenvalue weighted by Crippen LogP contribution is -2.48. The van der Waals surface area contributed by atoms with Crippen molar-refractivity contribution in [1.29, 1.82) is 5.26 Å². The van der Waals surface area contributed by atoms with Gasteiger partial charge in [-0.3, -0.25) is 4.79 Å². The Hall–Kier alpha value is -2.39. The molecule has 2 heterocycles. The number of ether oxygens (including phenoxy) is 2. The summed E-state index contributed by atoms with van der Waals surface area (Å²) < 4.78 is 38.6. The van der Waals surface area contributed by atoms with Crippen molar-refractivity contribution < 1.29 is 22.7 Å². The van der Waals surface area contributed by atoms with Gasteiger partial charge in [0, 0.05) is 45.8 Å². The number of rotatable bonds is 11. The molecule has 2 saturated heterocycles. The lowest BCUT2D eigenvalue weighted by molar-refractivity contribution is -0.137. The predicted molar refractivity (Wildman–Crippen MR) is 166 cm³/mol. The number of hydrogen-bond donors (Lipinski definition) is 0. The van der Waals surface area contributed by atoms with Crippen LogP contribution in [0.25, 0.3) is 0 Å². The number of piperidine rings is 2. The Morgan fingerprint density at radius 2 is 1.51 bits per heavy atom. The lowest BCUT2D eigenvalue weighted by atomic mass is 9.78. The monoisotopic (exact) mass is 617 g/mol. The van der Waals surface area contributed by atoms with Gasteiger partial charge in [-0.1, -0.05) is 0 Å². The van der Waals surface area contributed by atoms with E-state index in [1.165, 1.54) is 37.3 Å². The molecule has 1 aliphatic carbocycles. The molecule has 1 aromatic rings. The number of likely N-dealkylation sites (N-methyl/N-ethyl adjacent to an activating group) is 2. The van der Waals surface area contributed by atoms with Crippen LogP contribution in [0.1, 0.15) is 62.5 Å². The van der Waals surface area contributed by atoms with Gasteiger partial charge < -0.3 is 24.2 Å². The van der Waals surface area contributed by atoms with Crippen molar-refractivity contribution in [1.82, 2.24) is 19.0 Å². The molecule has 10 nitrogen and oxygen atoms in total. The normalized spacial score (nSPS) is 22.9. The first-order valence-electron chi connectivity index (χ1n) is 15.9. The predicted octanol–water partition coefficient (Wildman–Crippen LogP) is 3.62. The van der Waals surface area contributed by atoms with Crippen molar-refractivity contribution in [3.63, 3.8) is 0 Å². The van der Waals surface area contributed by atoms with Gasteiger partial charge in [-0.05, 0) is 113 Å². The molecule has 1 saturated carbocycles. The van der Waals surface area contributed by atoms with Crippen molar-refractivity contribution in [2.45, 2.75) is 82.2 Å². The fraction of sp³-hybridized carbons (Fsp3) is 0.750. The van der Waals surface area contributed by atoms with Crippen LogP contribution in [0.2, 0.25) is 0 Å². The molecule has 0 bridgehead atoms. The van der Waals surface area contributed by atoms with Gasteiger partial charge in [0.1, 0.15) is 12.4 Å². The number of aryl methyl sites for hydroxylation is 2. The Morgan fingerprint density at radius 3 is 2.05 bits per heavy atom. The molecule has 11 heteroatoms. The summed E-state index contributed by atoms with van der Waals surface area (Å²) in [6.07, 6.45) is 11.4. The second kappa shape index (κ2) is 15.1. The number of likely N-dealkylation sites (tertiary alicyclic amines) is 2. The minimum Gasteiger partial charge on any atom is -0.497 e. The zero-order valence-electron chi connectivity index (χ0n) is 26.8. The molecule has 1 amide bonds. The largest absolute Gasteiger partial charge is 0.497 e. The van der Waals surface area contributed by atoms with Crippen LogP contribution in [0.3, 0.4) is 0 Å². The molecule has 4 rings (SSSR count). The molecule has 3 fully saturated rings. The number of carbonyl (C=O) groups is 1. The molecule has 0 radical (unpaired) electrons. The molecule has 1 aromatic carbocycles. The quantitative estimate of drug-likeness (QED) is 0.274. The Bertz CT molecular complexity index is 1200. The van der Waals surface area contributed by atoms with Gasteiger partial charge in [0.15, 0.2) is 6.19 Å².